The molecular formula is C14H24O4. The number of hydrogen-bond acceptors (Lipinski definition) is 3. The van der Waals surface area contributed by atoms with Gasteiger partial charge in [-0.2, -0.15) is 0 Å². The molecule has 1 aliphatic carbocycles. The Morgan fingerprint density at radius 1 is 1.22 bits per heavy atom. The Bertz CT molecular complexity index is 292. The van der Waals surface area contributed by atoms with Crippen molar-refractivity contribution < 1.29 is 19.4 Å². The van der Waals surface area contributed by atoms with E-state index in [4.69, 9.17) is 14.6 Å². The van der Waals surface area contributed by atoms with Gasteiger partial charge < -0.3 is 14.6 Å². The molecule has 2 rings (SSSR count). The highest BCUT2D eigenvalue weighted by Gasteiger charge is 2.32. The second kappa shape index (κ2) is 6.02. The lowest BCUT2D eigenvalue weighted by Crippen LogP contribution is -2.30. The minimum absolute atomic E-state index is 0.0271. The van der Waals surface area contributed by atoms with Crippen molar-refractivity contribution in [3.05, 3.63) is 0 Å². The zero-order chi connectivity index (χ0) is 13.1. The molecule has 2 fully saturated rings. The van der Waals surface area contributed by atoms with E-state index < -0.39 is 12.1 Å². The topological polar surface area (TPSA) is 55.8 Å². The molecule has 104 valence electrons. The minimum Gasteiger partial charge on any atom is -0.479 e. The molecule has 4 nitrogen and oxygen atoms in total. The van der Waals surface area contributed by atoms with Crippen LogP contribution in [0.3, 0.4) is 0 Å². The second-order valence-electron chi connectivity index (χ2n) is 5.89. The van der Waals surface area contributed by atoms with Crippen LogP contribution in [0.1, 0.15) is 46.0 Å². The summed E-state index contributed by atoms with van der Waals surface area (Å²) < 4.78 is 11.3. The van der Waals surface area contributed by atoms with Gasteiger partial charge in [-0.3, -0.25) is 0 Å². The quantitative estimate of drug-likeness (QED) is 0.839. The maximum atomic E-state index is 10.8. The second-order valence-corrected chi connectivity index (χ2v) is 5.89. The fourth-order valence-corrected chi connectivity index (χ4v) is 2.90. The molecule has 1 aliphatic heterocycles. The third-order valence-corrected chi connectivity index (χ3v) is 4.45. The van der Waals surface area contributed by atoms with Crippen LogP contribution in [-0.2, 0) is 14.3 Å². The molecule has 0 bridgehead atoms. The summed E-state index contributed by atoms with van der Waals surface area (Å²) in [6.45, 7) is 5.14. The van der Waals surface area contributed by atoms with Crippen LogP contribution in [-0.4, -0.2) is 36.0 Å². The summed E-state index contributed by atoms with van der Waals surface area (Å²) >= 11 is 0. The molecule has 5 atom stereocenters. The lowest BCUT2D eigenvalue weighted by Gasteiger charge is -2.32. The zero-order valence-corrected chi connectivity index (χ0v) is 11.3. The van der Waals surface area contributed by atoms with Crippen molar-refractivity contribution in [2.75, 3.05) is 6.61 Å². The first-order valence-corrected chi connectivity index (χ1v) is 7.06. The van der Waals surface area contributed by atoms with Crippen molar-refractivity contribution >= 4 is 5.97 Å². The third-order valence-electron chi connectivity index (χ3n) is 4.45. The lowest BCUT2D eigenvalue weighted by molar-refractivity contribution is -0.151. The molecule has 0 radical (unpaired) electrons. The summed E-state index contributed by atoms with van der Waals surface area (Å²) in [7, 11) is 0. The highest BCUT2D eigenvalue weighted by Crippen LogP contribution is 2.31. The monoisotopic (exact) mass is 256 g/mol. The van der Waals surface area contributed by atoms with Gasteiger partial charge in [0.05, 0.1) is 18.8 Å². The van der Waals surface area contributed by atoms with Crippen molar-refractivity contribution in [3.8, 4) is 0 Å². The molecule has 1 heterocycles. The van der Waals surface area contributed by atoms with Gasteiger partial charge in [-0.1, -0.05) is 13.8 Å². The Labute approximate surface area is 109 Å². The van der Waals surface area contributed by atoms with Crippen LogP contribution in [0.15, 0.2) is 0 Å². The molecule has 0 amide bonds. The molecule has 4 heteroatoms. The predicted molar refractivity (Wildman–Crippen MR) is 67.4 cm³/mol. The van der Waals surface area contributed by atoms with Gasteiger partial charge in [0.25, 0.3) is 0 Å². The maximum Gasteiger partial charge on any atom is 0.332 e. The van der Waals surface area contributed by atoms with Gasteiger partial charge >= 0.3 is 5.97 Å². The fraction of sp³-hybridized carbons (Fsp3) is 0.929. The Kier molecular flexibility index (Phi) is 4.62. The standard InChI is InChI=1S/C14H24O4/c1-9-3-4-11(7-10(9)2)17-8-12-5-6-13(18-12)14(15)16/h9-13H,3-8H2,1-2H3,(H,15,16). The van der Waals surface area contributed by atoms with E-state index in [1.54, 1.807) is 0 Å². The van der Waals surface area contributed by atoms with E-state index in [0.29, 0.717) is 19.1 Å². The third kappa shape index (κ3) is 3.45. The maximum absolute atomic E-state index is 10.8. The van der Waals surface area contributed by atoms with Crippen LogP contribution >= 0.6 is 0 Å². The lowest BCUT2D eigenvalue weighted by atomic mass is 9.80. The summed E-state index contributed by atoms with van der Waals surface area (Å²) in [5.41, 5.74) is 0. The largest absolute Gasteiger partial charge is 0.479 e. The number of rotatable bonds is 4. The van der Waals surface area contributed by atoms with Crippen molar-refractivity contribution in [1.29, 1.82) is 0 Å². The molecule has 0 spiro atoms. The summed E-state index contributed by atoms with van der Waals surface area (Å²) in [6, 6.07) is 0. The van der Waals surface area contributed by atoms with Gasteiger partial charge in [-0.25, -0.2) is 4.79 Å². The summed E-state index contributed by atoms with van der Waals surface area (Å²) in [6.07, 6.45) is 4.58. The Balaban J connectivity index is 1.68. The van der Waals surface area contributed by atoms with Crippen LogP contribution in [0, 0.1) is 11.8 Å². The minimum atomic E-state index is -0.849. The predicted octanol–water partition coefficient (Wildman–Crippen LogP) is 2.46. The van der Waals surface area contributed by atoms with E-state index in [0.717, 1.165) is 31.1 Å². The molecule has 0 aromatic rings. The van der Waals surface area contributed by atoms with E-state index >= 15 is 0 Å². The zero-order valence-electron chi connectivity index (χ0n) is 11.3. The van der Waals surface area contributed by atoms with Crippen molar-refractivity contribution in [2.45, 2.75) is 64.3 Å². The number of aliphatic carboxylic acids is 1. The van der Waals surface area contributed by atoms with Gasteiger partial charge in [0, 0.05) is 0 Å². The average molecular weight is 256 g/mol. The van der Waals surface area contributed by atoms with E-state index in [1.165, 1.54) is 6.42 Å². The van der Waals surface area contributed by atoms with Gasteiger partial charge in [0.15, 0.2) is 6.10 Å². The molecule has 18 heavy (non-hydrogen) atoms. The molecule has 1 N–H and O–H groups in total. The molecule has 2 aliphatic rings. The van der Waals surface area contributed by atoms with Crippen LogP contribution in [0.4, 0.5) is 0 Å². The molecule has 0 aromatic carbocycles. The van der Waals surface area contributed by atoms with Gasteiger partial charge in [0.2, 0.25) is 0 Å². The van der Waals surface area contributed by atoms with Gasteiger partial charge in [-0.05, 0) is 43.9 Å². The fourth-order valence-electron chi connectivity index (χ4n) is 2.90. The molecule has 5 unspecified atom stereocenters. The van der Waals surface area contributed by atoms with Crippen LogP contribution in [0.5, 0.6) is 0 Å². The number of carboxylic acid groups (broad SMARTS) is 1. The highest BCUT2D eigenvalue weighted by molar-refractivity contribution is 5.72. The number of ether oxygens (including phenoxy) is 2. The van der Waals surface area contributed by atoms with Gasteiger partial charge in [0.1, 0.15) is 0 Å². The van der Waals surface area contributed by atoms with Crippen LogP contribution in [0.25, 0.3) is 0 Å². The normalized spacial score (nSPS) is 40.9. The van der Waals surface area contributed by atoms with E-state index in [-0.39, 0.29) is 6.10 Å². The summed E-state index contributed by atoms with van der Waals surface area (Å²) in [4.78, 5) is 10.8. The van der Waals surface area contributed by atoms with Crippen molar-refractivity contribution in [3.63, 3.8) is 0 Å². The first-order chi connectivity index (χ1) is 8.56. The summed E-state index contributed by atoms with van der Waals surface area (Å²) in [5, 5.41) is 8.85. The number of carbonyl (C=O) groups is 1. The Morgan fingerprint density at radius 2 is 2.00 bits per heavy atom. The number of carboxylic acids is 1. The van der Waals surface area contributed by atoms with Crippen molar-refractivity contribution in [2.24, 2.45) is 11.8 Å². The molecule has 0 aromatic heterocycles. The molecular weight excluding hydrogens is 232 g/mol. The van der Waals surface area contributed by atoms with Crippen LogP contribution in [0.2, 0.25) is 0 Å². The van der Waals surface area contributed by atoms with Gasteiger partial charge in [-0.15, -0.1) is 0 Å². The van der Waals surface area contributed by atoms with E-state index in [9.17, 15) is 4.79 Å². The SMILES string of the molecule is CC1CCC(OCC2CCC(C(=O)O)O2)CC1C. The first-order valence-electron chi connectivity index (χ1n) is 7.06. The first kappa shape index (κ1) is 13.8. The number of hydrogen-bond donors (Lipinski definition) is 1. The van der Waals surface area contributed by atoms with E-state index in [1.807, 2.05) is 0 Å². The van der Waals surface area contributed by atoms with Crippen molar-refractivity contribution in [1.82, 2.24) is 0 Å². The highest BCUT2D eigenvalue weighted by atomic mass is 16.6. The average Bonchev–Trinajstić information content (AvgIpc) is 2.79. The van der Waals surface area contributed by atoms with E-state index in [2.05, 4.69) is 13.8 Å². The van der Waals surface area contributed by atoms with Crippen LogP contribution < -0.4 is 0 Å². The Morgan fingerprint density at radius 3 is 2.61 bits per heavy atom. The smallest absolute Gasteiger partial charge is 0.332 e. The Hall–Kier alpha value is -0.610. The molecule has 1 saturated heterocycles. The molecule has 1 saturated carbocycles. The summed E-state index contributed by atoms with van der Waals surface area (Å²) in [5.74, 6) is 0.668.